The SMILES string of the molecule is CC(C)(C)[Si](F)(c1ccc(C(=O)NCC(C(=O)CC(CCCCCC(=O)CCCCCCC(=O)NCCCC[C@H](CC(=O)C[C@@H](CCC(=O)O)C(=O)O)C(=O)O)C(=O)O)n2cc(CCC(=O)CCP(=O)(O)CN3CCN(C[P+](=O)CCC(=O)O)CCN(CP(=O)(O)CCC(=O)O)CC3)nn2)cc1)C(C)(C)C. The third kappa shape index (κ3) is 36.0. The van der Waals surface area contributed by atoms with E-state index in [9.17, 15) is 96.3 Å². The largest absolute Gasteiger partial charge is 0.481 e. The van der Waals surface area contributed by atoms with Gasteiger partial charge in [-0.1, -0.05) is 95.6 Å². The van der Waals surface area contributed by atoms with Crippen LogP contribution in [0.3, 0.4) is 0 Å². The quantitative estimate of drug-likeness (QED) is 0.0128. The van der Waals surface area contributed by atoms with Gasteiger partial charge in [-0.15, -0.1) is 5.10 Å². The van der Waals surface area contributed by atoms with E-state index in [1.54, 1.807) is 26.8 Å². The number of halogens is 1. The maximum atomic E-state index is 17.2. The number of hydrogen-bond acceptors (Lipinski definition) is 20. The van der Waals surface area contributed by atoms with Crippen LogP contribution in [0.2, 0.25) is 10.1 Å². The Morgan fingerprint density at radius 3 is 1.52 bits per heavy atom. The van der Waals surface area contributed by atoms with Gasteiger partial charge in [0.15, 0.2) is 18.2 Å². The molecule has 0 saturated carbocycles. The van der Waals surface area contributed by atoms with Gasteiger partial charge in [-0.05, 0) is 78.8 Å². The highest BCUT2D eigenvalue weighted by atomic mass is 31.2. The molecule has 1 aromatic carbocycles. The lowest BCUT2D eigenvalue weighted by atomic mass is 9.90. The maximum absolute atomic E-state index is 17.2. The first-order valence-electron chi connectivity index (χ1n) is 36.4. The van der Waals surface area contributed by atoms with Crippen LogP contribution in [0.15, 0.2) is 30.5 Å². The second-order valence-electron chi connectivity index (χ2n) is 29.9. The predicted octanol–water partition coefficient (Wildman–Crippen LogP) is 8.40. The molecule has 3 rings (SSSR count). The normalized spacial score (nSPS) is 16.1. The molecule has 0 spiro atoms. The molecule has 2 aromatic rings. The average Bonchev–Trinajstić information content (AvgIpc) is 0.892. The van der Waals surface area contributed by atoms with E-state index in [1.807, 2.05) is 41.5 Å². The molecule has 7 atom stereocenters. The molecule has 0 bridgehead atoms. The first kappa shape index (κ1) is 93.5. The van der Waals surface area contributed by atoms with E-state index in [2.05, 4.69) is 20.9 Å². The van der Waals surface area contributed by atoms with Crippen LogP contribution >= 0.6 is 22.5 Å². The zero-order valence-corrected chi connectivity index (χ0v) is 65.9. The third-order valence-corrected chi connectivity index (χ3v) is 29.2. The minimum absolute atomic E-state index is 0.00160. The van der Waals surface area contributed by atoms with Crippen molar-refractivity contribution in [3.63, 3.8) is 0 Å². The van der Waals surface area contributed by atoms with Gasteiger partial charge in [0.1, 0.15) is 23.4 Å². The Hall–Kier alpha value is -6.69. The molecule has 1 aliphatic rings. The van der Waals surface area contributed by atoms with Crippen molar-refractivity contribution in [1.82, 2.24) is 40.3 Å². The van der Waals surface area contributed by atoms with Gasteiger partial charge < -0.3 is 55.2 Å². The summed E-state index contributed by atoms with van der Waals surface area (Å²) in [6.07, 6.45) is 1.98. The highest BCUT2D eigenvalue weighted by Gasteiger charge is 2.56. The van der Waals surface area contributed by atoms with Gasteiger partial charge in [-0.2, -0.15) is 0 Å². The Kier molecular flexibility index (Phi) is 40.5. The summed E-state index contributed by atoms with van der Waals surface area (Å²) in [6, 6.07) is 4.92. The minimum atomic E-state index is -4.08. The van der Waals surface area contributed by atoms with Crippen molar-refractivity contribution in [3.8, 4) is 0 Å². The van der Waals surface area contributed by atoms with E-state index < -0.39 is 162 Å². The van der Waals surface area contributed by atoms with Crippen molar-refractivity contribution in [2.45, 2.75) is 212 Å². The summed E-state index contributed by atoms with van der Waals surface area (Å²) in [6.45, 7) is 12.2. The molecule has 1 fully saturated rings. The molecular weight excluding hydrogens is 1460 g/mol. The number of Topliss-reactive ketones (excluding diaryl/α,β-unsaturated/α-hetero) is 4. The van der Waals surface area contributed by atoms with Crippen LogP contribution in [-0.2, 0) is 72.9 Å². The maximum Gasteiger partial charge on any atom is 0.354 e. The molecule has 106 heavy (non-hydrogen) atoms. The summed E-state index contributed by atoms with van der Waals surface area (Å²) in [5, 5.41) is 69.3. The van der Waals surface area contributed by atoms with Gasteiger partial charge >= 0.3 is 43.6 Å². The average molecular weight is 1570 g/mol. The van der Waals surface area contributed by atoms with Crippen molar-refractivity contribution in [3.05, 3.63) is 41.7 Å². The number of nitrogens with zero attached hydrogens (tertiary/aromatic N) is 6. The summed E-state index contributed by atoms with van der Waals surface area (Å²) in [4.78, 5) is 175. The number of carbonyl (C=O) groups excluding carboxylic acids is 6. The molecule has 1 saturated heterocycles. The summed E-state index contributed by atoms with van der Waals surface area (Å²) >= 11 is 0. The monoisotopic (exact) mass is 1570 g/mol. The summed E-state index contributed by atoms with van der Waals surface area (Å²) in [5.41, 5.74) is 0.395. The lowest BCUT2D eigenvalue weighted by Crippen LogP contribution is -2.57. The van der Waals surface area contributed by atoms with Crippen molar-refractivity contribution < 1.29 is 116 Å². The van der Waals surface area contributed by atoms with E-state index in [-0.39, 0.29) is 165 Å². The fraction of sp³-hybridized carbons (Fsp3) is 0.714. The van der Waals surface area contributed by atoms with E-state index in [0.29, 0.717) is 69.4 Å². The number of aliphatic carboxylic acids is 6. The Bertz CT molecular complexity index is 3390. The number of amides is 2. The number of carboxylic acids is 6. The zero-order valence-electron chi connectivity index (χ0n) is 62.2. The number of ketones is 4. The Morgan fingerprint density at radius 2 is 1.01 bits per heavy atom. The third-order valence-electron chi connectivity index (χ3n) is 18.9. The molecule has 0 aliphatic carbocycles. The topological polar surface area (TPSA) is 482 Å². The Morgan fingerprint density at radius 1 is 0.547 bits per heavy atom. The molecule has 31 nitrogen and oxygen atoms in total. The van der Waals surface area contributed by atoms with Crippen molar-refractivity contribution in [2.24, 2.45) is 17.8 Å². The second-order valence-corrected chi connectivity index (χ2v) is 41.3. The number of rotatable bonds is 54. The summed E-state index contributed by atoms with van der Waals surface area (Å²) in [7, 11) is -13.7. The fourth-order valence-electron chi connectivity index (χ4n) is 13.0. The predicted molar refractivity (Wildman–Crippen MR) is 394 cm³/mol. The van der Waals surface area contributed by atoms with Gasteiger partial charge in [0, 0.05) is 134 Å². The minimum Gasteiger partial charge on any atom is -0.481 e. The molecule has 36 heteroatoms. The lowest BCUT2D eigenvalue weighted by molar-refractivity contribution is -0.146. The summed E-state index contributed by atoms with van der Waals surface area (Å²) in [5.74, 6) is -13.2. The molecule has 0 radical (unpaired) electrons. The van der Waals surface area contributed by atoms with Crippen LogP contribution in [0.5, 0.6) is 0 Å². The number of unbranched alkanes of at least 4 members (excludes halogenated alkanes) is 6. The van der Waals surface area contributed by atoms with Gasteiger partial charge in [-0.25, -0.2) is 4.68 Å². The van der Waals surface area contributed by atoms with E-state index in [1.165, 1.54) is 23.0 Å². The van der Waals surface area contributed by atoms with Gasteiger partial charge in [0.25, 0.3) is 14.3 Å². The molecular formula is C70H113FN8O23P3Si+. The highest BCUT2D eigenvalue weighted by molar-refractivity contribution is 7.58. The second kappa shape index (κ2) is 46.0. The first-order valence-corrected chi connectivity index (χ1v) is 44.0. The fourth-order valence-corrected chi connectivity index (χ4v) is 22.1. The van der Waals surface area contributed by atoms with Crippen LogP contribution in [0, 0.1) is 17.8 Å². The van der Waals surface area contributed by atoms with Crippen LogP contribution in [-0.4, -0.2) is 239 Å². The Balaban J connectivity index is 1.59. The molecule has 1 aliphatic heterocycles. The van der Waals surface area contributed by atoms with Crippen molar-refractivity contribution >= 4 is 107 Å². The number of aryl methyl sites for hydroxylation is 1. The summed E-state index contributed by atoms with van der Waals surface area (Å²) < 4.78 is 58.0. The molecule has 5 unspecified atom stereocenters. The van der Waals surface area contributed by atoms with Crippen LogP contribution in [0.25, 0.3) is 0 Å². The van der Waals surface area contributed by atoms with Crippen molar-refractivity contribution in [1.29, 1.82) is 0 Å². The standard InChI is InChI=1S/C70H112FN8O23P3Si/c1-69(2,3)106(71,70(4,5)6)58-26-21-50(22-27-58)65(91)73-45-59(79-46-54(74-75-79)24-25-56(81)30-40-104(99,100)48-77-35-33-76(47-103(98)39-29-63(87)88)34-36-78(38-37-77)49-105(101,102)41-31-64(89)90)60(83)44-52(67(94)95)16-10-9-12-19-55(80)18-11-7-8-13-20-61(84)72-32-15-14-17-51(66(92)93)42-57(82)43-53(68(96)97)23-28-62(85)86/h21-22,26-27,46,51-53,59H,7-20,23-25,28-45,47-49H2,1-6H3,(H9-,72,73,84,85,86,87,88,89,90,91,92,93,94,95,96,97,99,100,101,102)/p+1/t51-,52?,53-,59?/m1/s1. The van der Waals surface area contributed by atoms with E-state index >= 15 is 4.11 Å². The molecule has 596 valence electrons. The molecule has 2 heterocycles. The first-order chi connectivity index (χ1) is 49.5. The molecule has 10 N–H and O–H groups in total. The number of carboxylic acid groups (broad SMARTS) is 6. The van der Waals surface area contributed by atoms with Crippen LogP contribution in [0.1, 0.15) is 211 Å². The lowest BCUT2D eigenvalue weighted by Gasteiger charge is -2.44. The van der Waals surface area contributed by atoms with Crippen molar-refractivity contribution in [2.75, 3.05) is 89.7 Å². The van der Waals surface area contributed by atoms with Crippen LogP contribution < -0.4 is 15.8 Å². The van der Waals surface area contributed by atoms with Gasteiger partial charge in [0.05, 0.1) is 48.9 Å². The Labute approximate surface area is 621 Å². The number of aromatic nitrogens is 3. The zero-order chi connectivity index (χ0) is 79.6. The number of hydrogen-bond donors (Lipinski definition) is 10. The van der Waals surface area contributed by atoms with Gasteiger partial charge in [-0.3, -0.25) is 81.4 Å². The number of carbonyl (C=O) groups is 12. The molecule has 2 amide bonds. The number of nitrogens with one attached hydrogen (secondary N) is 2. The highest BCUT2D eigenvalue weighted by Crippen LogP contribution is 2.51. The van der Waals surface area contributed by atoms with E-state index in [0.717, 1.165) is 0 Å². The smallest absolute Gasteiger partial charge is 0.354 e. The number of benzene rings is 1. The van der Waals surface area contributed by atoms with Crippen LogP contribution in [0.4, 0.5) is 4.11 Å². The van der Waals surface area contributed by atoms with E-state index in [4.69, 9.17) is 15.3 Å². The van der Waals surface area contributed by atoms with Gasteiger partial charge in [0.2, 0.25) is 20.6 Å². The molecule has 1 aromatic heterocycles.